The Labute approximate surface area is 93.3 Å². The van der Waals surface area contributed by atoms with Crippen LogP contribution in [-0.2, 0) is 0 Å². The third kappa shape index (κ3) is 1.79. The molecule has 0 radical (unpaired) electrons. The first-order valence-corrected chi connectivity index (χ1v) is 4.80. The number of hydrogen-bond acceptors (Lipinski definition) is 5. The Morgan fingerprint density at radius 1 is 1.19 bits per heavy atom. The minimum atomic E-state index is 0.487. The number of aromatic nitrogens is 3. The van der Waals surface area contributed by atoms with Crippen molar-refractivity contribution in [2.75, 3.05) is 12.8 Å². The molecule has 16 heavy (non-hydrogen) atoms. The largest absolute Gasteiger partial charge is 0.481 e. The van der Waals surface area contributed by atoms with Gasteiger partial charge in [0.05, 0.1) is 12.8 Å². The van der Waals surface area contributed by atoms with Crippen molar-refractivity contribution < 1.29 is 4.74 Å². The first-order valence-electron chi connectivity index (χ1n) is 4.80. The number of nitrogen functional groups attached to an aromatic ring is 1. The predicted molar refractivity (Wildman–Crippen MR) is 61.0 cm³/mol. The summed E-state index contributed by atoms with van der Waals surface area (Å²) in [4.78, 5) is 12.2. The van der Waals surface area contributed by atoms with Crippen LogP contribution in [0.5, 0.6) is 5.88 Å². The fraction of sp³-hybridized carbons (Fsp3) is 0.182. The maximum absolute atomic E-state index is 5.72. The lowest BCUT2D eigenvalue weighted by Crippen LogP contribution is -1.98. The van der Waals surface area contributed by atoms with Crippen LogP contribution < -0.4 is 10.5 Å². The molecule has 5 heteroatoms. The van der Waals surface area contributed by atoms with Crippen LogP contribution >= 0.6 is 0 Å². The molecule has 0 aliphatic heterocycles. The van der Waals surface area contributed by atoms with E-state index in [4.69, 9.17) is 10.5 Å². The van der Waals surface area contributed by atoms with Crippen LogP contribution in [0.2, 0.25) is 0 Å². The summed E-state index contributed by atoms with van der Waals surface area (Å²) in [5, 5.41) is 0. The van der Waals surface area contributed by atoms with Gasteiger partial charge < -0.3 is 10.5 Å². The zero-order valence-electron chi connectivity index (χ0n) is 9.14. The van der Waals surface area contributed by atoms with E-state index in [9.17, 15) is 0 Å². The summed E-state index contributed by atoms with van der Waals surface area (Å²) in [6.07, 6.45) is 3.15. The summed E-state index contributed by atoms with van der Waals surface area (Å²) in [5.74, 6) is 1.06. The number of methoxy groups -OCH3 is 1. The zero-order valence-corrected chi connectivity index (χ0v) is 9.14. The highest BCUT2D eigenvalue weighted by Gasteiger charge is 2.07. The molecular formula is C11H12N4O. The molecule has 2 aromatic heterocycles. The Morgan fingerprint density at radius 3 is 2.62 bits per heavy atom. The summed E-state index contributed by atoms with van der Waals surface area (Å²) >= 11 is 0. The van der Waals surface area contributed by atoms with Crippen LogP contribution in [0, 0.1) is 6.92 Å². The van der Waals surface area contributed by atoms with Crippen molar-refractivity contribution in [3.8, 4) is 17.1 Å². The molecule has 0 atom stereocenters. The van der Waals surface area contributed by atoms with Crippen molar-refractivity contribution in [3.05, 3.63) is 30.2 Å². The van der Waals surface area contributed by atoms with Crippen molar-refractivity contribution >= 4 is 5.82 Å². The van der Waals surface area contributed by atoms with Crippen LogP contribution in [0.1, 0.15) is 5.56 Å². The molecule has 0 saturated carbocycles. The summed E-state index contributed by atoms with van der Waals surface area (Å²) in [5.41, 5.74) is 8.26. The second kappa shape index (κ2) is 4.14. The number of nitrogens with zero attached hydrogens (tertiary/aromatic N) is 3. The average molecular weight is 216 g/mol. The van der Waals surface area contributed by atoms with Gasteiger partial charge in [-0.3, -0.25) is 0 Å². The molecule has 0 bridgehead atoms. The normalized spacial score (nSPS) is 10.1. The second-order valence-electron chi connectivity index (χ2n) is 3.32. The first kappa shape index (κ1) is 10.4. The number of pyridine rings is 1. The number of hydrogen-bond donors (Lipinski definition) is 1. The molecule has 2 aromatic rings. The third-order valence-corrected chi connectivity index (χ3v) is 2.34. The van der Waals surface area contributed by atoms with Gasteiger partial charge in [0.25, 0.3) is 0 Å². The van der Waals surface area contributed by atoms with Gasteiger partial charge >= 0.3 is 0 Å². The van der Waals surface area contributed by atoms with E-state index in [2.05, 4.69) is 15.0 Å². The van der Waals surface area contributed by atoms with E-state index >= 15 is 0 Å². The maximum Gasteiger partial charge on any atom is 0.212 e. The SMILES string of the molecule is COc1ccc(-c2ncnc(N)c2C)cn1. The maximum atomic E-state index is 5.72. The highest BCUT2D eigenvalue weighted by atomic mass is 16.5. The second-order valence-corrected chi connectivity index (χ2v) is 3.32. The van der Waals surface area contributed by atoms with Gasteiger partial charge in [-0.25, -0.2) is 15.0 Å². The molecule has 0 aliphatic rings. The van der Waals surface area contributed by atoms with E-state index in [1.165, 1.54) is 6.33 Å². The van der Waals surface area contributed by atoms with E-state index in [0.717, 1.165) is 16.8 Å². The Bertz CT molecular complexity index is 496. The third-order valence-electron chi connectivity index (χ3n) is 2.34. The summed E-state index contributed by atoms with van der Waals surface area (Å²) < 4.78 is 4.99. The van der Waals surface area contributed by atoms with Gasteiger partial charge in [-0.1, -0.05) is 0 Å². The Hall–Kier alpha value is -2.17. The molecular weight excluding hydrogens is 204 g/mol. The van der Waals surface area contributed by atoms with E-state index in [-0.39, 0.29) is 0 Å². The Kier molecular flexibility index (Phi) is 2.68. The van der Waals surface area contributed by atoms with Crippen LogP contribution in [-0.4, -0.2) is 22.1 Å². The molecule has 5 nitrogen and oxygen atoms in total. The van der Waals surface area contributed by atoms with Gasteiger partial charge in [0.1, 0.15) is 12.1 Å². The van der Waals surface area contributed by atoms with Gasteiger partial charge in [-0.2, -0.15) is 0 Å². The van der Waals surface area contributed by atoms with Gasteiger partial charge in [0, 0.05) is 23.4 Å². The quantitative estimate of drug-likeness (QED) is 0.822. The van der Waals surface area contributed by atoms with Crippen LogP contribution in [0.25, 0.3) is 11.3 Å². The summed E-state index contributed by atoms with van der Waals surface area (Å²) in [7, 11) is 1.58. The lowest BCUT2D eigenvalue weighted by atomic mass is 10.1. The molecule has 0 fully saturated rings. The topological polar surface area (TPSA) is 73.9 Å². The standard InChI is InChI=1S/C11H12N4O/c1-7-10(14-6-15-11(7)12)8-3-4-9(16-2)13-5-8/h3-6H,1-2H3,(H2,12,14,15). The molecule has 0 aromatic carbocycles. The highest BCUT2D eigenvalue weighted by molar-refractivity contribution is 5.66. The van der Waals surface area contributed by atoms with E-state index in [0.29, 0.717) is 11.7 Å². The van der Waals surface area contributed by atoms with Gasteiger partial charge in [0.2, 0.25) is 5.88 Å². The lowest BCUT2D eigenvalue weighted by molar-refractivity contribution is 0.398. The number of rotatable bonds is 2. The molecule has 2 rings (SSSR count). The van der Waals surface area contributed by atoms with Crippen molar-refractivity contribution in [1.29, 1.82) is 0 Å². The molecule has 2 N–H and O–H groups in total. The smallest absolute Gasteiger partial charge is 0.212 e. The number of anilines is 1. The van der Waals surface area contributed by atoms with Crippen LogP contribution in [0.15, 0.2) is 24.7 Å². The van der Waals surface area contributed by atoms with Crippen molar-refractivity contribution in [3.63, 3.8) is 0 Å². The molecule has 2 heterocycles. The Morgan fingerprint density at radius 2 is 2.00 bits per heavy atom. The highest BCUT2D eigenvalue weighted by Crippen LogP contribution is 2.23. The molecule has 82 valence electrons. The fourth-order valence-corrected chi connectivity index (χ4v) is 1.40. The minimum absolute atomic E-state index is 0.487. The van der Waals surface area contributed by atoms with Crippen LogP contribution in [0.4, 0.5) is 5.82 Å². The number of ether oxygens (including phenoxy) is 1. The Balaban J connectivity index is 2.46. The molecule has 0 amide bonds. The summed E-state index contributed by atoms with van der Waals surface area (Å²) in [6, 6.07) is 3.67. The van der Waals surface area contributed by atoms with E-state index < -0.39 is 0 Å². The fourth-order valence-electron chi connectivity index (χ4n) is 1.40. The molecule has 0 aliphatic carbocycles. The molecule has 0 spiro atoms. The van der Waals surface area contributed by atoms with E-state index in [1.54, 1.807) is 19.4 Å². The summed E-state index contributed by atoms with van der Waals surface area (Å²) in [6.45, 7) is 1.88. The van der Waals surface area contributed by atoms with Gasteiger partial charge in [-0.05, 0) is 13.0 Å². The number of nitrogens with two attached hydrogens (primary N) is 1. The van der Waals surface area contributed by atoms with E-state index in [1.807, 2.05) is 13.0 Å². The first-order chi connectivity index (χ1) is 7.72. The molecule has 0 unspecified atom stereocenters. The minimum Gasteiger partial charge on any atom is -0.481 e. The average Bonchev–Trinajstić information content (AvgIpc) is 2.33. The van der Waals surface area contributed by atoms with Crippen molar-refractivity contribution in [2.45, 2.75) is 6.92 Å². The molecule has 0 saturated heterocycles. The van der Waals surface area contributed by atoms with Gasteiger partial charge in [0.15, 0.2) is 0 Å². The predicted octanol–water partition coefficient (Wildman–Crippen LogP) is 1.44. The van der Waals surface area contributed by atoms with Crippen LogP contribution in [0.3, 0.4) is 0 Å². The van der Waals surface area contributed by atoms with Crippen molar-refractivity contribution in [2.24, 2.45) is 0 Å². The zero-order chi connectivity index (χ0) is 11.5. The lowest BCUT2D eigenvalue weighted by Gasteiger charge is -2.06. The van der Waals surface area contributed by atoms with Gasteiger partial charge in [-0.15, -0.1) is 0 Å². The monoisotopic (exact) mass is 216 g/mol. The van der Waals surface area contributed by atoms with Crippen molar-refractivity contribution in [1.82, 2.24) is 15.0 Å².